The summed E-state index contributed by atoms with van der Waals surface area (Å²) in [5.41, 5.74) is -3.14. The van der Waals surface area contributed by atoms with Crippen LogP contribution in [0.3, 0.4) is 0 Å². The number of fused-ring (bicyclic) bond motifs is 4. The lowest BCUT2D eigenvalue weighted by Crippen LogP contribution is -2.71. The molecule has 5 rings (SSSR count). The van der Waals surface area contributed by atoms with Gasteiger partial charge in [-0.25, -0.2) is 4.79 Å². The lowest BCUT2D eigenvalue weighted by atomic mass is 9.42. The quantitative estimate of drug-likeness (QED) is 0.171. The van der Waals surface area contributed by atoms with Crippen LogP contribution in [0.5, 0.6) is 5.75 Å². The molecule has 2 aromatic heterocycles. The molecule has 3 aliphatic rings. The minimum Gasteiger partial charge on any atom is -0.482 e. The highest BCUT2D eigenvalue weighted by Crippen LogP contribution is 2.68. The van der Waals surface area contributed by atoms with E-state index in [2.05, 4.69) is 11.9 Å². The summed E-state index contributed by atoms with van der Waals surface area (Å²) < 4.78 is 37.1. The number of esters is 4. The van der Waals surface area contributed by atoms with E-state index in [0.717, 1.165) is 12.8 Å². The molecule has 0 N–H and O–H groups in total. The van der Waals surface area contributed by atoms with Crippen LogP contribution < -0.4 is 10.4 Å². The van der Waals surface area contributed by atoms with E-state index in [0.29, 0.717) is 31.2 Å². The first-order valence-corrected chi connectivity index (χ1v) is 18.1. The average molecular weight is 710 g/mol. The van der Waals surface area contributed by atoms with E-state index in [4.69, 9.17) is 28.1 Å². The summed E-state index contributed by atoms with van der Waals surface area (Å²) in [5.74, 6) is -2.63. The van der Waals surface area contributed by atoms with E-state index in [1.807, 2.05) is 27.7 Å². The van der Waals surface area contributed by atoms with Gasteiger partial charge in [-0.2, -0.15) is 0 Å². The van der Waals surface area contributed by atoms with Crippen molar-refractivity contribution in [2.75, 3.05) is 6.61 Å². The maximum Gasteiger partial charge on any atom is 0.347 e. The van der Waals surface area contributed by atoms with E-state index < -0.39 is 76.1 Å². The lowest BCUT2D eigenvalue weighted by Gasteiger charge is -2.66. The molecule has 0 aromatic carbocycles. The number of aromatic nitrogens is 1. The number of hydrogen-bond acceptors (Lipinski definition) is 12. The van der Waals surface area contributed by atoms with Crippen LogP contribution in [0.4, 0.5) is 0 Å². The van der Waals surface area contributed by atoms with Crippen molar-refractivity contribution in [2.24, 2.45) is 22.7 Å². The third kappa shape index (κ3) is 7.42. The topological polar surface area (TPSA) is 158 Å². The number of hydrogen-bond donors (Lipinski definition) is 0. The zero-order chi connectivity index (χ0) is 37.1. The normalized spacial score (nSPS) is 30.8. The molecule has 8 atom stereocenters. The lowest BCUT2D eigenvalue weighted by molar-refractivity contribution is -0.273. The first kappa shape index (κ1) is 38.0. The fraction of sp³-hybridized carbons (Fsp3) is 0.641. The van der Waals surface area contributed by atoms with Gasteiger partial charge in [0, 0.05) is 62.0 Å². The van der Waals surface area contributed by atoms with E-state index in [1.54, 1.807) is 30.6 Å². The van der Waals surface area contributed by atoms with Gasteiger partial charge in [-0.1, -0.05) is 40.5 Å². The Balaban J connectivity index is 1.73. The molecule has 278 valence electrons. The van der Waals surface area contributed by atoms with Crippen LogP contribution in [0.25, 0.3) is 11.3 Å². The second-order valence-corrected chi connectivity index (χ2v) is 15.0. The fourth-order valence-electron chi connectivity index (χ4n) is 8.99. The molecule has 0 spiro atoms. The number of carbonyl (C=O) groups is 4. The molecule has 1 aliphatic heterocycles. The van der Waals surface area contributed by atoms with Crippen LogP contribution in [-0.4, -0.2) is 53.3 Å². The van der Waals surface area contributed by atoms with Gasteiger partial charge in [-0.3, -0.25) is 24.2 Å². The number of nitrogens with zero attached hydrogens (tertiary/aromatic N) is 1. The summed E-state index contributed by atoms with van der Waals surface area (Å²) in [6.07, 6.45) is 4.74. The van der Waals surface area contributed by atoms with Gasteiger partial charge in [0.15, 0.2) is 5.60 Å². The Morgan fingerprint density at radius 1 is 0.941 bits per heavy atom. The maximum atomic E-state index is 14.1. The zero-order valence-electron chi connectivity index (χ0n) is 30.8. The largest absolute Gasteiger partial charge is 0.482 e. The molecule has 3 heterocycles. The molecule has 0 bridgehead atoms. The number of unbranched alkanes of at least 4 members (excludes halogenated alkanes) is 2. The Kier molecular flexibility index (Phi) is 11.3. The summed E-state index contributed by atoms with van der Waals surface area (Å²) in [6.45, 7) is 12.4. The zero-order valence-corrected chi connectivity index (χ0v) is 30.8. The van der Waals surface area contributed by atoms with E-state index in [9.17, 15) is 24.0 Å². The molecule has 12 heteroatoms. The molecule has 12 nitrogen and oxygen atoms in total. The number of pyridine rings is 1. The highest BCUT2D eigenvalue weighted by molar-refractivity contribution is 5.71. The molecular formula is C39H51NO11. The first-order chi connectivity index (χ1) is 24.2. The SMILES string of the molecule is CCCCC(=O)O[C@H]1CC2[C@](C)(CC[C@H](OC(C)=O)[C@@]2(C)COC(C)=O)C2[C@@H](OC(=O)CCCC)c3c(cc(-c4cccnc4)oc3=O)O[C@@]21C. The summed E-state index contributed by atoms with van der Waals surface area (Å²) in [6, 6.07) is 5.08. The standard InChI is InChI=1S/C39H51NO11/c1-8-10-14-31(43)49-30-20-28-37(5,17-16-29(47-24(4)42)38(28,6)22-46-23(3)41)35-34(50-32(44)15-11-9-2)33-27(51-39(30,35)7)19-26(48-36(33)45)25-13-12-18-40-21-25/h12-13,18-19,21,28-30,34-35H,8-11,14-17,20,22H2,1-7H3/t28?,29-,30-,34-,35?,37-,38-,39+/m0/s1. The molecule has 51 heavy (non-hydrogen) atoms. The Bertz CT molecular complexity index is 1670. The van der Waals surface area contributed by atoms with Gasteiger partial charge in [0.05, 0.1) is 0 Å². The molecule has 2 fully saturated rings. The van der Waals surface area contributed by atoms with Gasteiger partial charge in [-0.05, 0) is 62.5 Å². The summed E-state index contributed by atoms with van der Waals surface area (Å²) in [7, 11) is 0. The van der Waals surface area contributed by atoms with E-state index >= 15 is 0 Å². The molecule has 0 saturated heterocycles. The molecule has 0 amide bonds. The Labute approximate surface area is 298 Å². The van der Waals surface area contributed by atoms with Gasteiger partial charge in [0.1, 0.15) is 42.0 Å². The van der Waals surface area contributed by atoms with Crippen LogP contribution in [0, 0.1) is 22.7 Å². The van der Waals surface area contributed by atoms with Crippen LogP contribution in [0.2, 0.25) is 0 Å². The number of rotatable bonds is 12. The van der Waals surface area contributed by atoms with Crippen molar-refractivity contribution in [3.05, 3.63) is 46.6 Å². The van der Waals surface area contributed by atoms with E-state index in [-0.39, 0.29) is 42.9 Å². The summed E-state index contributed by atoms with van der Waals surface area (Å²) in [4.78, 5) is 69.9. The summed E-state index contributed by atoms with van der Waals surface area (Å²) in [5, 5.41) is 0. The van der Waals surface area contributed by atoms with Gasteiger partial charge < -0.3 is 28.1 Å². The monoisotopic (exact) mass is 709 g/mol. The van der Waals surface area contributed by atoms with Crippen molar-refractivity contribution >= 4 is 23.9 Å². The van der Waals surface area contributed by atoms with Crippen molar-refractivity contribution in [3.8, 4) is 17.1 Å². The Hall–Kier alpha value is -4.22. The number of ether oxygens (including phenoxy) is 5. The highest BCUT2D eigenvalue weighted by atomic mass is 16.6. The molecular weight excluding hydrogens is 658 g/mol. The van der Waals surface area contributed by atoms with Crippen LogP contribution >= 0.6 is 0 Å². The second kappa shape index (κ2) is 15.2. The van der Waals surface area contributed by atoms with Crippen molar-refractivity contribution in [1.29, 1.82) is 0 Å². The van der Waals surface area contributed by atoms with Gasteiger partial charge in [0.2, 0.25) is 0 Å². The summed E-state index contributed by atoms with van der Waals surface area (Å²) >= 11 is 0. The van der Waals surface area contributed by atoms with Crippen molar-refractivity contribution in [3.63, 3.8) is 0 Å². The predicted molar refractivity (Wildman–Crippen MR) is 184 cm³/mol. The molecule has 2 aromatic rings. The predicted octanol–water partition coefficient (Wildman–Crippen LogP) is 6.67. The van der Waals surface area contributed by atoms with Crippen molar-refractivity contribution in [1.82, 2.24) is 4.98 Å². The third-order valence-corrected chi connectivity index (χ3v) is 11.4. The van der Waals surface area contributed by atoms with Crippen molar-refractivity contribution in [2.45, 2.75) is 130 Å². The maximum absolute atomic E-state index is 14.1. The molecule has 2 unspecified atom stereocenters. The smallest absolute Gasteiger partial charge is 0.347 e. The minimum atomic E-state index is -1.30. The minimum absolute atomic E-state index is 0.0664. The molecule has 2 aliphatic carbocycles. The van der Waals surface area contributed by atoms with Crippen LogP contribution in [-0.2, 0) is 38.1 Å². The van der Waals surface area contributed by atoms with Crippen LogP contribution in [0.15, 0.2) is 39.8 Å². The van der Waals surface area contributed by atoms with Gasteiger partial charge >= 0.3 is 29.5 Å². The molecule has 2 saturated carbocycles. The second-order valence-electron chi connectivity index (χ2n) is 15.0. The average Bonchev–Trinajstić information content (AvgIpc) is 3.07. The first-order valence-electron chi connectivity index (χ1n) is 18.1. The van der Waals surface area contributed by atoms with Gasteiger partial charge in [0.25, 0.3) is 0 Å². The van der Waals surface area contributed by atoms with E-state index in [1.165, 1.54) is 13.8 Å². The Morgan fingerprint density at radius 2 is 1.63 bits per heavy atom. The van der Waals surface area contributed by atoms with Crippen LogP contribution in [0.1, 0.15) is 118 Å². The van der Waals surface area contributed by atoms with Crippen molar-refractivity contribution < 1.29 is 47.3 Å². The highest BCUT2D eigenvalue weighted by Gasteiger charge is 2.71. The fourth-order valence-corrected chi connectivity index (χ4v) is 8.99. The number of carbonyl (C=O) groups excluding carboxylic acids is 4. The molecule has 0 radical (unpaired) electrons. The Morgan fingerprint density at radius 3 is 2.24 bits per heavy atom. The third-order valence-electron chi connectivity index (χ3n) is 11.4. The van der Waals surface area contributed by atoms with Gasteiger partial charge in [-0.15, -0.1) is 0 Å².